The number of rotatable bonds is 13. The molecule has 1 amide bonds. The molecule has 1 aliphatic heterocycles. The van der Waals surface area contributed by atoms with Crippen LogP contribution in [0.2, 0.25) is 0 Å². The van der Waals surface area contributed by atoms with Crippen molar-refractivity contribution in [3.05, 3.63) is 60.2 Å². The fourth-order valence-corrected chi connectivity index (χ4v) is 5.62. The maximum atomic E-state index is 12.8. The molecule has 3 N–H and O–H groups in total. The van der Waals surface area contributed by atoms with E-state index in [1.165, 1.54) is 11.9 Å². The van der Waals surface area contributed by atoms with E-state index < -0.39 is 26.1 Å². The van der Waals surface area contributed by atoms with Crippen molar-refractivity contribution in [3.8, 4) is 0 Å². The predicted octanol–water partition coefficient (Wildman–Crippen LogP) is -3.42. The molecule has 0 saturated carbocycles. The maximum Gasteiger partial charge on any atom is 1.00 e. The minimum Gasteiger partial charge on any atom is -0.790 e. The van der Waals surface area contributed by atoms with Crippen LogP contribution in [-0.4, -0.2) is 55.0 Å². The number of anilines is 1. The van der Waals surface area contributed by atoms with Crippen LogP contribution in [0.15, 0.2) is 59.5 Å². The molecule has 0 bridgehead atoms. The second kappa shape index (κ2) is 18.4. The number of phosphoric acid groups is 1. The number of phosphoric ester groups is 1. The Morgan fingerprint density at radius 1 is 1.15 bits per heavy atom. The zero-order chi connectivity index (χ0) is 26.8. The summed E-state index contributed by atoms with van der Waals surface area (Å²) in [6.45, 7) is 5.47. The Balaban J connectivity index is 0.00000380. The average molecular weight is 598 g/mol. The number of alkyl carbamates (subject to hydrolysis) is 1. The molecule has 2 aromatic rings. The number of carbonyl (C=O) groups is 1. The molecule has 0 spiro atoms. The molecule has 3 atom stereocenters. The Morgan fingerprint density at radius 3 is 2.38 bits per heavy atom. The van der Waals surface area contributed by atoms with E-state index in [2.05, 4.69) is 5.32 Å². The summed E-state index contributed by atoms with van der Waals surface area (Å²) < 4.78 is 29.5. The minimum atomic E-state index is -5.40. The third-order valence-corrected chi connectivity index (χ3v) is 7.11. The molecule has 2 aromatic carbocycles. The van der Waals surface area contributed by atoms with Crippen molar-refractivity contribution in [3.63, 3.8) is 0 Å². The van der Waals surface area contributed by atoms with Gasteiger partial charge in [0.2, 0.25) is 0 Å². The topological polar surface area (TPSA) is 149 Å². The van der Waals surface area contributed by atoms with Gasteiger partial charge in [-0.3, -0.25) is 0 Å². The number of benzene rings is 2. The summed E-state index contributed by atoms with van der Waals surface area (Å²) in [4.78, 5) is 37.3. The first-order valence-corrected chi connectivity index (χ1v) is 14.4. The van der Waals surface area contributed by atoms with Crippen LogP contribution in [0, 0.1) is 5.92 Å². The van der Waals surface area contributed by atoms with Gasteiger partial charge >= 0.3 is 65.2 Å². The standard InChI is InChI=1S/C25H36N3O7PS.2Na/c1-18(2)15-28(37-22-10-8-20(26)9-11-22)16-24(35-36(30,31)32)23(14-19-6-4-3-5-7-19)27-25(29)34-21-12-13-33-17-21;;/h3-11,18,21,23-24H,12-17,26H2,1-2H3,(H,27,29)(H2,30,31,32);;/q;2*+1/p-2. The Hall–Kier alpha value is -0.110. The molecule has 14 heteroatoms. The summed E-state index contributed by atoms with van der Waals surface area (Å²) in [5, 5.41) is 2.75. The Bertz CT molecular complexity index is 1030. The molecule has 1 fully saturated rings. The first-order chi connectivity index (χ1) is 17.6. The minimum absolute atomic E-state index is 0. The van der Waals surface area contributed by atoms with Crippen molar-refractivity contribution in [1.29, 1.82) is 0 Å². The van der Waals surface area contributed by atoms with Crippen LogP contribution in [-0.2, 0) is 25.0 Å². The Kier molecular flexibility index (Phi) is 17.4. The number of ether oxygens (including phenoxy) is 2. The third kappa shape index (κ3) is 14.6. The molecule has 204 valence electrons. The number of nitrogen functional groups attached to an aromatic ring is 1. The fourth-order valence-electron chi connectivity index (χ4n) is 3.92. The molecule has 1 heterocycles. The number of carbonyl (C=O) groups excluding carboxylic acids is 1. The fraction of sp³-hybridized carbons (Fsp3) is 0.480. The van der Waals surface area contributed by atoms with E-state index >= 15 is 0 Å². The first kappa shape index (κ1) is 36.9. The summed E-state index contributed by atoms with van der Waals surface area (Å²) in [6, 6.07) is 15.6. The molecule has 3 rings (SSSR count). The molecule has 0 aliphatic carbocycles. The van der Waals surface area contributed by atoms with Gasteiger partial charge in [-0.15, -0.1) is 0 Å². The molecule has 1 saturated heterocycles. The second-order valence-electron chi connectivity index (χ2n) is 9.32. The van der Waals surface area contributed by atoms with E-state index in [1.54, 1.807) is 12.1 Å². The summed E-state index contributed by atoms with van der Waals surface area (Å²) in [7, 11) is -5.40. The van der Waals surface area contributed by atoms with Crippen LogP contribution in [0.4, 0.5) is 10.5 Å². The monoisotopic (exact) mass is 597 g/mol. The van der Waals surface area contributed by atoms with Gasteiger partial charge in [-0.05, 0) is 54.1 Å². The molecule has 1 aliphatic rings. The summed E-state index contributed by atoms with van der Waals surface area (Å²) in [6.07, 6.45) is -1.48. The summed E-state index contributed by atoms with van der Waals surface area (Å²) in [5.41, 5.74) is 7.26. The van der Waals surface area contributed by atoms with Crippen LogP contribution in [0.5, 0.6) is 0 Å². The van der Waals surface area contributed by atoms with Crippen molar-refractivity contribution in [2.24, 2.45) is 5.92 Å². The van der Waals surface area contributed by atoms with Gasteiger partial charge in [-0.2, -0.15) is 0 Å². The molecular weight excluding hydrogens is 563 g/mol. The molecule has 39 heavy (non-hydrogen) atoms. The van der Waals surface area contributed by atoms with Crippen LogP contribution < -0.4 is 80.0 Å². The number of nitrogens with zero attached hydrogens (tertiary/aromatic N) is 1. The molecule has 10 nitrogen and oxygen atoms in total. The van der Waals surface area contributed by atoms with E-state index in [0.29, 0.717) is 31.9 Å². The Morgan fingerprint density at radius 2 is 1.82 bits per heavy atom. The Labute approximate surface area is 279 Å². The van der Waals surface area contributed by atoms with Gasteiger partial charge in [0.1, 0.15) is 6.10 Å². The van der Waals surface area contributed by atoms with E-state index in [-0.39, 0.29) is 84.1 Å². The van der Waals surface area contributed by atoms with E-state index in [9.17, 15) is 19.1 Å². The number of amides is 1. The molecular formula is C25H34N3Na2O7PS. The van der Waals surface area contributed by atoms with Gasteiger partial charge in [0.05, 0.1) is 33.2 Å². The average Bonchev–Trinajstić information content (AvgIpc) is 3.32. The quantitative estimate of drug-likeness (QED) is 0.104. The second-order valence-corrected chi connectivity index (χ2v) is 11.6. The van der Waals surface area contributed by atoms with Crippen molar-refractivity contribution < 1.29 is 92.3 Å². The van der Waals surface area contributed by atoms with Gasteiger partial charge in [0, 0.05) is 30.1 Å². The van der Waals surface area contributed by atoms with Gasteiger partial charge in [-0.25, -0.2) is 9.10 Å². The number of hydrogen-bond acceptors (Lipinski definition) is 10. The van der Waals surface area contributed by atoms with Gasteiger partial charge in [0.15, 0.2) is 0 Å². The SMILES string of the molecule is CC(C)CN(CC(OP(=O)([O-])[O-])C(Cc1ccccc1)NC(=O)OC1CCOC1)Sc1ccc(N)cc1.[Na+].[Na+]. The first-order valence-electron chi connectivity index (χ1n) is 12.1. The normalized spacial score (nSPS) is 16.7. The van der Waals surface area contributed by atoms with E-state index in [4.69, 9.17) is 19.7 Å². The largest absolute Gasteiger partial charge is 1.00 e. The van der Waals surface area contributed by atoms with Crippen molar-refractivity contribution in [2.75, 3.05) is 32.0 Å². The van der Waals surface area contributed by atoms with Crippen molar-refractivity contribution in [2.45, 2.75) is 49.8 Å². The number of nitrogens with one attached hydrogen (secondary N) is 1. The zero-order valence-electron chi connectivity index (χ0n) is 23.0. The van der Waals surface area contributed by atoms with Crippen LogP contribution in [0.1, 0.15) is 25.8 Å². The third-order valence-electron chi connectivity index (χ3n) is 5.54. The molecule has 0 radical (unpaired) electrons. The van der Waals surface area contributed by atoms with Crippen LogP contribution in [0.3, 0.4) is 0 Å². The molecule has 0 aromatic heterocycles. The summed E-state index contributed by atoms with van der Waals surface area (Å²) >= 11 is 1.39. The van der Waals surface area contributed by atoms with E-state index in [1.807, 2.05) is 60.6 Å². The van der Waals surface area contributed by atoms with Gasteiger partial charge in [-0.1, -0.05) is 44.2 Å². The number of hydrogen-bond donors (Lipinski definition) is 2. The zero-order valence-corrected chi connectivity index (χ0v) is 28.7. The van der Waals surface area contributed by atoms with Crippen LogP contribution >= 0.6 is 19.8 Å². The number of nitrogens with two attached hydrogens (primary N) is 1. The van der Waals surface area contributed by atoms with Crippen LogP contribution in [0.25, 0.3) is 0 Å². The predicted molar refractivity (Wildman–Crippen MR) is 138 cm³/mol. The smallest absolute Gasteiger partial charge is 0.790 e. The van der Waals surface area contributed by atoms with Crippen molar-refractivity contribution in [1.82, 2.24) is 9.62 Å². The van der Waals surface area contributed by atoms with Crippen molar-refractivity contribution >= 4 is 31.6 Å². The summed E-state index contributed by atoms with van der Waals surface area (Å²) in [5.74, 6) is 0.223. The van der Waals surface area contributed by atoms with Gasteiger partial charge < -0.3 is 39.4 Å². The van der Waals surface area contributed by atoms with Gasteiger partial charge in [0.25, 0.3) is 0 Å². The molecule has 3 unspecified atom stereocenters. The van der Waals surface area contributed by atoms with E-state index in [0.717, 1.165) is 10.5 Å². The maximum absolute atomic E-state index is 12.8.